The molecule has 0 spiro atoms. The monoisotopic (exact) mass is 195 g/mol. The van der Waals surface area contributed by atoms with Crippen LogP contribution in [0.4, 0.5) is 0 Å². The molecule has 0 aliphatic carbocycles. The standard InChI is InChI=1S/C9H15N3.C2H6/c1-7(2)9-5-12-6-10-3-8(12)4-11-9;1-2/h3,6-7,9,11H,4-5H2,1-2H3;1-2H3. The van der Waals surface area contributed by atoms with Crippen molar-refractivity contribution in [3.63, 3.8) is 0 Å². The fourth-order valence-corrected chi connectivity index (χ4v) is 1.62. The molecule has 0 radical (unpaired) electrons. The topological polar surface area (TPSA) is 29.9 Å². The number of imidazole rings is 1. The SMILES string of the molecule is CC.CC(C)C1Cn2cncc2CN1. The van der Waals surface area contributed by atoms with E-state index >= 15 is 0 Å². The molecule has 1 N–H and O–H groups in total. The second-order valence-electron chi connectivity index (χ2n) is 3.77. The molecular weight excluding hydrogens is 174 g/mol. The second kappa shape index (κ2) is 5.15. The molecule has 14 heavy (non-hydrogen) atoms. The van der Waals surface area contributed by atoms with E-state index in [-0.39, 0.29) is 0 Å². The highest BCUT2D eigenvalue weighted by Gasteiger charge is 2.19. The Hall–Kier alpha value is -0.830. The number of hydrogen-bond acceptors (Lipinski definition) is 2. The van der Waals surface area contributed by atoms with E-state index in [0.29, 0.717) is 12.0 Å². The van der Waals surface area contributed by atoms with E-state index in [2.05, 4.69) is 28.7 Å². The Morgan fingerprint density at radius 1 is 1.50 bits per heavy atom. The van der Waals surface area contributed by atoms with Gasteiger partial charge in [-0.25, -0.2) is 4.98 Å². The Morgan fingerprint density at radius 2 is 2.21 bits per heavy atom. The summed E-state index contributed by atoms with van der Waals surface area (Å²) >= 11 is 0. The summed E-state index contributed by atoms with van der Waals surface area (Å²) in [5.74, 6) is 0.695. The van der Waals surface area contributed by atoms with Crippen molar-refractivity contribution in [1.82, 2.24) is 14.9 Å². The van der Waals surface area contributed by atoms with Crippen LogP contribution < -0.4 is 5.32 Å². The van der Waals surface area contributed by atoms with Crippen LogP contribution in [-0.4, -0.2) is 15.6 Å². The van der Waals surface area contributed by atoms with E-state index in [1.54, 1.807) is 0 Å². The highest BCUT2D eigenvalue weighted by Crippen LogP contribution is 2.12. The molecule has 0 aromatic carbocycles. The fraction of sp³-hybridized carbons (Fsp3) is 0.727. The molecule has 2 rings (SSSR count). The molecule has 0 bridgehead atoms. The van der Waals surface area contributed by atoms with Crippen molar-refractivity contribution < 1.29 is 0 Å². The molecule has 1 unspecified atom stereocenters. The molecule has 1 aromatic rings. The zero-order valence-corrected chi connectivity index (χ0v) is 9.62. The first-order valence-electron chi connectivity index (χ1n) is 5.50. The summed E-state index contributed by atoms with van der Waals surface area (Å²) in [6.07, 6.45) is 3.86. The van der Waals surface area contributed by atoms with E-state index in [9.17, 15) is 0 Å². The first-order chi connectivity index (χ1) is 6.77. The van der Waals surface area contributed by atoms with Gasteiger partial charge in [-0.2, -0.15) is 0 Å². The van der Waals surface area contributed by atoms with Crippen LogP contribution in [0.25, 0.3) is 0 Å². The summed E-state index contributed by atoms with van der Waals surface area (Å²) < 4.78 is 2.24. The van der Waals surface area contributed by atoms with Gasteiger partial charge in [0.05, 0.1) is 12.0 Å². The smallest absolute Gasteiger partial charge is 0.0949 e. The Morgan fingerprint density at radius 3 is 2.86 bits per heavy atom. The first kappa shape index (κ1) is 11.2. The van der Waals surface area contributed by atoms with Crippen LogP contribution in [-0.2, 0) is 13.1 Å². The van der Waals surface area contributed by atoms with Gasteiger partial charge >= 0.3 is 0 Å². The zero-order chi connectivity index (χ0) is 10.6. The third-order valence-corrected chi connectivity index (χ3v) is 2.54. The van der Waals surface area contributed by atoms with Gasteiger partial charge in [-0.05, 0) is 5.92 Å². The van der Waals surface area contributed by atoms with Crippen LogP contribution in [0.3, 0.4) is 0 Å². The number of aromatic nitrogens is 2. The van der Waals surface area contributed by atoms with Crippen molar-refractivity contribution in [3.8, 4) is 0 Å². The number of rotatable bonds is 1. The maximum atomic E-state index is 4.12. The lowest BCUT2D eigenvalue weighted by atomic mass is 10.0. The zero-order valence-electron chi connectivity index (χ0n) is 9.62. The van der Waals surface area contributed by atoms with Gasteiger partial charge in [0, 0.05) is 25.3 Å². The summed E-state index contributed by atoms with van der Waals surface area (Å²) in [5, 5.41) is 3.50. The number of hydrogen-bond donors (Lipinski definition) is 1. The lowest BCUT2D eigenvalue weighted by Gasteiger charge is -2.28. The molecule has 1 aliphatic heterocycles. The van der Waals surface area contributed by atoms with Crippen molar-refractivity contribution >= 4 is 0 Å². The van der Waals surface area contributed by atoms with Crippen molar-refractivity contribution in [2.24, 2.45) is 5.92 Å². The fourth-order valence-electron chi connectivity index (χ4n) is 1.62. The van der Waals surface area contributed by atoms with Crippen LogP contribution in [0.2, 0.25) is 0 Å². The van der Waals surface area contributed by atoms with Gasteiger partial charge in [0.25, 0.3) is 0 Å². The minimum absolute atomic E-state index is 0.603. The van der Waals surface area contributed by atoms with E-state index in [1.807, 2.05) is 26.4 Å². The van der Waals surface area contributed by atoms with Crippen LogP contribution in [0.1, 0.15) is 33.4 Å². The first-order valence-corrected chi connectivity index (χ1v) is 5.50. The highest BCUT2D eigenvalue weighted by atomic mass is 15.1. The molecule has 3 nitrogen and oxygen atoms in total. The van der Waals surface area contributed by atoms with Gasteiger partial charge < -0.3 is 9.88 Å². The van der Waals surface area contributed by atoms with Crippen molar-refractivity contribution in [2.75, 3.05) is 0 Å². The quantitative estimate of drug-likeness (QED) is 0.743. The molecule has 1 aliphatic rings. The summed E-state index contributed by atoms with van der Waals surface area (Å²) in [6.45, 7) is 10.5. The third kappa shape index (κ3) is 2.35. The third-order valence-electron chi connectivity index (χ3n) is 2.54. The molecule has 1 aromatic heterocycles. The molecule has 0 amide bonds. The van der Waals surface area contributed by atoms with Crippen LogP contribution in [0.15, 0.2) is 12.5 Å². The number of nitrogens with zero attached hydrogens (tertiary/aromatic N) is 2. The molecule has 0 fully saturated rings. The average molecular weight is 195 g/mol. The molecular formula is C11H21N3. The molecule has 3 heteroatoms. The maximum Gasteiger partial charge on any atom is 0.0949 e. The number of fused-ring (bicyclic) bond motifs is 1. The second-order valence-corrected chi connectivity index (χ2v) is 3.77. The Balaban J connectivity index is 0.000000461. The molecule has 80 valence electrons. The van der Waals surface area contributed by atoms with Gasteiger partial charge in [-0.15, -0.1) is 0 Å². The Bertz CT molecular complexity index is 265. The van der Waals surface area contributed by atoms with Crippen LogP contribution in [0.5, 0.6) is 0 Å². The maximum absolute atomic E-state index is 4.12. The van der Waals surface area contributed by atoms with Gasteiger partial charge in [-0.3, -0.25) is 0 Å². The molecule has 1 atom stereocenters. The Labute approximate surface area is 86.5 Å². The van der Waals surface area contributed by atoms with Crippen LogP contribution in [0, 0.1) is 5.92 Å². The molecule has 2 heterocycles. The van der Waals surface area contributed by atoms with Gasteiger partial charge in [0.1, 0.15) is 0 Å². The summed E-state index contributed by atoms with van der Waals surface area (Å²) in [4.78, 5) is 4.12. The average Bonchev–Trinajstić information content (AvgIpc) is 2.67. The van der Waals surface area contributed by atoms with Gasteiger partial charge in [0.15, 0.2) is 0 Å². The van der Waals surface area contributed by atoms with E-state index in [0.717, 1.165) is 13.1 Å². The summed E-state index contributed by atoms with van der Waals surface area (Å²) in [6, 6.07) is 0.603. The van der Waals surface area contributed by atoms with Crippen molar-refractivity contribution in [3.05, 3.63) is 18.2 Å². The Kier molecular flexibility index (Phi) is 4.14. The summed E-state index contributed by atoms with van der Waals surface area (Å²) in [5.41, 5.74) is 1.30. The minimum atomic E-state index is 0.603. The summed E-state index contributed by atoms with van der Waals surface area (Å²) in [7, 11) is 0. The number of nitrogens with one attached hydrogen (secondary N) is 1. The van der Waals surface area contributed by atoms with Crippen LogP contribution >= 0.6 is 0 Å². The highest BCUT2D eigenvalue weighted by molar-refractivity contribution is 5.02. The predicted octanol–water partition coefficient (Wildman–Crippen LogP) is 2.04. The molecule has 0 saturated carbocycles. The lowest BCUT2D eigenvalue weighted by Crippen LogP contribution is -2.41. The van der Waals surface area contributed by atoms with E-state index in [4.69, 9.17) is 0 Å². The van der Waals surface area contributed by atoms with Crippen molar-refractivity contribution in [1.29, 1.82) is 0 Å². The van der Waals surface area contributed by atoms with E-state index < -0.39 is 0 Å². The molecule has 0 saturated heterocycles. The largest absolute Gasteiger partial charge is 0.332 e. The van der Waals surface area contributed by atoms with Gasteiger partial charge in [-0.1, -0.05) is 27.7 Å². The lowest BCUT2D eigenvalue weighted by molar-refractivity contribution is 0.318. The minimum Gasteiger partial charge on any atom is -0.332 e. The van der Waals surface area contributed by atoms with E-state index in [1.165, 1.54) is 5.69 Å². The normalized spacial score (nSPS) is 19.9. The van der Waals surface area contributed by atoms with Gasteiger partial charge in [0.2, 0.25) is 0 Å². The van der Waals surface area contributed by atoms with Crippen molar-refractivity contribution in [2.45, 2.75) is 46.8 Å². The predicted molar refractivity (Wildman–Crippen MR) is 59.0 cm³/mol.